The van der Waals surface area contributed by atoms with Crippen LogP contribution in [0.15, 0.2) is 18.2 Å². The highest BCUT2D eigenvalue weighted by molar-refractivity contribution is 5.39. The van der Waals surface area contributed by atoms with Crippen molar-refractivity contribution >= 4 is 0 Å². The van der Waals surface area contributed by atoms with Crippen molar-refractivity contribution < 1.29 is 9.13 Å². The van der Waals surface area contributed by atoms with Crippen LogP contribution in [0.25, 0.3) is 0 Å². The molecule has 2 unspecified atom stereocenters. The lowest BCUT2D eigenvalue weighted by molar-refractivity contribution is -0.0359. The normalized spacial score (nSPS) is 36.5. The lowest BCUT2D eigenvalue weighted by Crippen LogP contribution is -2.53. The maximum absolute atomic E-state index is 13.4. The molecule has 3 atom stereocenters. The SMILES string of the molecule is N[C@H]1CC2(CCN3CCCC3C2)Oc2ccc(F)cc21. The van der Waals surface area contributed by atoms with Crippen LogP contribution in [0.3, 0.4) is 0 Å². The van der Waals surface area contributed by atoms with Crippen LogP contribution in [0.5, 0.6) is 5.75 Å². The number of nitrogens with zero attached hydrogens (tertiary/aromatic N) is 1. The number of hydrogen-bond donors (Lipinski definition) is 1. The molecular formula is C16H21FN2O. The van der Waals surface area contributed by atoms with Crippen LogP contribution in [-0.2, 0) is 0 Å². The van der Waals surface area contributed by atoms with Crippen LogP contribution in [0.1, 0.15) is 43.7 Å². The van der Waals surface area contributed by atoms with E-state index < -0.39 is 0 Å². The van der Waals surface area contributed by atoms with E-state index in [1.807, 2.05) is 0 Å². The number of nitrogens with two attached hydrogens (primary N) is 1. The van der Waals surface area contributed by atoms with Gasteiger partial charge in [-0.2, -0.15) is 0 Å². The quantitative estimate of drug-likeness (QED) is 0.791. The van der Waals surface area contributed by atoms with E-state index in [1.54, 1.807) is 6.07 Å². The van der Waals surface area contributed by atoms with Gasteiger partial charge in [0.2, 0.25) is 0 Å². The third kappa shape index (κ3) is 1.93. The molecule has 3 aliphatic heterocycles. The highest BCUT2D eigenvalue weighted by atomic mass is 19.1. The van der Waals surface area contributed by atoms with Crippen LogP contribution in [0, 0.1) is 5.82 Å². The summed E-state index contributed by atoms with van der Waals surface area (Å²) in [6.45, 7) is 2.34. The Morgan fingerprint density at radius 2 is 2.20 bits per heavy atom. The van der Waals surface area contributed by atoms with E-state index in [9.17, 15) is 4.39 Å². The number of halogens is 1. The van der Waals surface area contributed by atoms with Gasteiger partial charge in [0, 0.05) is 37.0 Å². The topological polar surface area (TPSA) is 38.5 Å². The number of piperidine rings is 1. The van der Waals surface area contributed by atoms with Crippen LogP contribution in [-0.4, -0.2) is 29.6 Å². The van der Waals surface area contributed by atoms with Crippen molar-refractivity contribution in [3.05, 3.63) is 29.6 Å². The van der Waals surface area contributed by atoms with Crippen molar-refractivity contribution in [3.63, 3.8) is 0 Å². The fraction of sp³-hybridized carbons (Fsp3) is 0.625. The van der Waals surface area contributed by atoms with Gasteiger partial charge < -0.3 is 15.4 Å². The Morgan fingerprint density at radius 3 is 3.10 bits per heavy atom. The Bertz CT molecular complexity index is 535. The van der Waals surface area contributed by atoms with Gasteiger partial charge in [-0.25, -0.2) is 4.39 Å². The van der Waals surface area contributed by atoms with E-state index in [-0.39, 0.29) is 17.5 Å². The fourth-order valence-corrected chi connectivity index (χ4v) is 4.27. The first-order chi connectivity index (χ1) is 9.65. The Kier molecular flexibility index (Phi) is 2.79. The van der Waals surface area contributed by atoms with Crippen LogP contribution >= 0.6 is 0 Å². The molecule has 0 bridgehead atoms. The van der Waals surface area contributed by atoms with Gasteiger partial charge in [-0.1, -0.05) is 0 Å². The maximum atomic E-state index is 13.4. The van der Waals surface area contributed by atoms with E-state index in [4.69, 9.17) is 10.5 Å². The minimum atomic E-state index is -0.232. The minimum absolute atomic E-state index is 0.109. The van der Waals surface area contributed by atoms with Crippen LogP contribution in [0.4, 0.5) is 4.39 Å². The molecule has 0 aromatic heterocycles. The monoisotopic (exact) mass is 276 g/mol. The molecule has 3 heterocycles. The van der Waals surface area contributed by atoms with E-state index >= 15 is 0 Å². The molecule has 2 fully saturated rings. The largest absolute Gasteiger partial charge is 0.487 e. The van der Waals surface area contributed by atoms with Crippen molar-refractivity contribution in [2.24, 2.45) is 5.73 Å². The van der Waals surface area contributed by atoms with Gasteiger partial charge in [0.05, 0.1) is 0 Å². The molecule has 3 nitrogen and oxygen atoms in total. The van der Waals surface area contributed by atoms with E-state index in [0.29, 0.717) is 6.04 Å². The molecule has 0 radical (unpaired) electrons. The Morgan fingerprint density at radius 1 is 1.30 bits per heavy atom. The molecule has 1 spiro atoms. The van der Waals surface area contributed by atoms with Gasteiger partial charge in [0.1, 0.15) is 17.2 Å². The number of rotatable bonds is 0. The lowest BCUT2D eigenvalue weighted by atomic mass is 9.78. The summed E-state index contributed by atoms with van der Waals surface area (Å²) in [7, 11) is 0. The van der Waals surface area contributed by atoms with E-state index in [1.165, 1.54) is 31.5 Å². The molecule has 0 saturated carbocycles. The number of ether oxygens (including phenoxy) is 1. The van der Waals surface area contributed by atoms with Crippen molar-refractivity contribution in [2.45, 2.75) is 49.8 Å². The Labute approximate surface area is 118 Å². The van der Waals surface area contributed by atoms with Gasteiger partial charge in [0.25, 0.3) is 0 Å². The second kappa shape index (κ2) is 4.43. The summed E-state index contributed by atoms with van der Waals surface area (Å²) in [5.41, 5.74) is 6.99. The van der Waals surface area contributed by atoms with Crippen molar-refractivity contribution in [1.82, 2.24) is 4.90 Å². The first-order valence-corrected chi connectivity index (χ1v) is 7.63. The Hall–Kier alpha value is -1.13. The van der Waals surface area contributed by atoms with Gasteiger partial charge in [-0.3, -0.25) is 0 Å². The average Bonchev–Trinajstić information content (AvgIpc) is 2.87. The smallest absolute Gasteiger partial charge is 0.125 e. The van der Waals surface area contributed by atoms with Gasteiger partial charge in [-0.15, -0.1) is 0 Å². The summed E-state index contributed by atoms with van der Waals surface area (Å²) in [4.78, 5) is 2.58. The lowest BCUT2D eigenvalue weighted by Gasteiger charge is -2.48. The first kappa shape index (κ1) is 12.6. The standard InChI is InChI=1S/C16H21FN2O/c17-11-3-4-15-13(8-11)14(18)10-16(20-15)5-7-19-6-1-2-12(19)9-16/h3-4,8,12,14H,1-2,5-7,9-10,18H2/t12?,14-,16?/m0/s1. The Balaban J connectivity index is 1.63. The zero-order valence-electron chi connectivity index (χ0n) is 11.6. The average molecular weight is 276 g/mol. The number of hydrogen-bond acceptors (Lipinski definition) is 3. The highest BCUT2D eigenvalue weighted by Gasteiger charge is 2.46. The molecule has 2 N–H and O–H groups in total. The van der Waals surface area contributed by atoms with Gasteiger partial charge in [0.15, 0.2) is 0 Å². The fourth-order valence-electron chi connectivity index (χ4n) is 4.27. The second-order valence-electron chi connectivity index (χ2n) is 6.56. The second-order valence-corrected chi connectivity index (χ2v) is 6.56. The zero-order valence-corrected chi connectivity index (χ0v) is 11.6. The molecule has 0 aliphatic carbocycles. The molecule has 2 saturated heterocycles. The van der Waals surface area contributed by atoms with Gasteiger partial charge >= 0.3 is 0 Å². The van der Waals surface area contributed by atoms with Crippen molar-refractivity contribution in [3.8, 4) is 5.75 Å². The highest BCUT2D eigenvalue weighted by Crippen LogP contribution is 2.46. The minimum Gasteiger partial charge on any atom is -0.487 e. The predicted octanol–water partition coefficient (Wildman–Crippen LogP) is 2.61. The number of benzene rings is 1. The molecule has 3 aliphatic rings. The van der Waals surface area contributed by atoms with Crippen molar-refractivity contribution in [2.75, 3.05) is 13.1 Å². The van der Waals surface area contributed by atoms with Gasteiger partial charge in [-0.05, 0) is 44.0 Å². The zero-order chi connectivity index (χ0) is 13.7. The molecule has 108 valence electrons. The molecule has 1 aromatic carbocycles. The summed E-state index contributed by atoms with van der Waals surface area (Å²) >= 11 is 0. The first-order valence-electron chi connectivity index (χ1n) is 7.63. The number of fused-ring (bicyclic) bond motifs is 2. The van der Waals surface area contributed by atoms with E-state index in [2.05, 4.69) is 4.90 Å². The van der Waals surface area contributed by atoms with E-state index in [0.717, 1.165) is 37.1 Å². The summed E-state index contributed by atoms with van der Waals surface area (Å²) in [5, 5.41) is 0. The molecule has 4 heteroatoms. The van der Waals surface area contributed by atoms with Crippen LogP contribution < -0.4 is 10.5 Å². The summed E-state index contributed by atoms with van der Waals surface area (Å²) in [5.74, 6) is 0.556. The maximum Gasteiger partial charge on any atom is 0.125 e. The predicted molar refractivity (Wildman–Crippen MR) is 75.1 cm³/mol. The third-order valence-corrected chi connectivity index (χ3v) is 5.25. The molecule has 4 rings (SSSR count). The summed E-state index contributed by atoms with van der Waals surface area (Å²) in [6.07, 6.45) is 5.49. The third-order valence-electron chi connectivity index (χ3n) is 5.25. The molecule has 20 heavy (non-hydrogen) atoms. The molecule has 0 amide bonds. The molecule has 1 aromatic rings. The van der Waals surface area contributed by atoms with Crippen molar-refractivity contribution in [1.29, 1.82) is 0 Å². The summed E-state index contributed by atoms with van der Waals surface area (Å²) in [6, 6.07) is 5.28. The summed E-state index contributed by atoms with van der Waals surface area (Å²) < 4.78 is 19.7. The molecular weight excluding hydrogens is 255 g/mol. The van der Waals surface area contributed by atoms with Crippen LogP contribution in [0.2, 0.25) is 0 Å².